The Kier molecular flexibility index (Phi) is 6.94. The van der Waals surface area contributed by atoms with Gasteiger partial charge in [-0.15, -0.1) is 0 Å². The predicted molar refractivity (Wildman–Crippen MR) is 123 cm³/mol. The van der Waals surface area contributed by atoms with E-state index in [0.717, 1.165) is 55.9 Å². The van der Waals surface area contributed by atoms with Gasteiger partial charge in [0.2, 0.25) is 0 Å². The van der Waals surface area contributed by atoms with Crippen molar-refractivity contribution < 1.29 is 9.94 Å². The summed E-state index contributed by atoms with van der Waals surface area (Å²) in [4.78, 5) is 5.32. The zero-order valence-electron chi connectivity index (χ0n) is 19.3. The van der Waals surface area contributed by atoms with Gasteiger partial charge in [-0.2, -0.15) is 0 Å². The van der Waals surface area contributed by atoms with Crippen LogP contribution in [0.2, 0.25) is 0 Å². The van der Waals surface area contributed by atoms with E-state index in [-0.39, 0.29) is 6.10 Å². The maximum Gasteiger partial charge on any atom is 0.117 e. The van der Waals surface area contributed by atoms with Crippen molar-refractivity contribution in [3.63, 3.8) is 0 Å². The molecule has 4 aliphatic carbocycles. The molecule has 0 aromatic rings. The molecule has 4 heteroatoms. The summed E-state index contributed by atoms with van der Waals surface area (Å²) >= 11 is 0. The molecule has 0 bridgehead atoms. The summed E-state index contributed by atoms with van der Waals surface area (Å²) in [5.41, 5.74) is 6.42. The van der Waals surface area contributed by atoms with Gasteiger partial charge in [0.15, 0.2) is 0 Å². The minimum absolute atomic E-state index is 0.0409. The molecule has 4 saturated carbocycles. The molecule has 0 aromatic carbocycles. The predicted octanol–water partition coefficient (Wildman–Crippen LogP) is 5.30. The van der Waals surface area contributed by atoms with Crippen LogP contribution in [0.1, 0.15) is 84.5 Å². The van der Waals surface area contributed by atoms with Gasteiger partial charge in [-0.1, -0.05) is 25.1 Å². The number of aliphatic hydroxyl groups excluding tert-OH is 1. The van der Waals surface area contributed by atoms with Crippen LogP contribution in [0.5, 0.6) is 0 Å². The van der Waals surface area contributed by atoms with Gasteiger partial charge in [0, 0.05) is 0 Å². The van der Waals surface area contributed by atoms with E-state index in [9.17, 15) is 5.11 Å². The Labute approximate surface area is 183 Å². The summed E-state index contributed by atoms with van der Waals surface area (Å²) in [5.74, 6) is 4.09. The lowest BCUT2D eigenvalue weighted by Crippen LogP contribution is -2.53. The molecule has 4 nitrogen and oxygen atoms in total. The molecule has 0 radical (unpaired) electrons. The molecule has 3 N–H and O–H groups in total. The lowest BCUT2D eigenvalue weighted by Gasteiger charge is -2.60. The Hall–Kier alpha value is -0.870. The molecule has 0 aromatic heterocycles. The van der Waals surface area contributed by atoms with E-state index in [1.165, 1.54) is 44.9 Å². The third-order valence-corrected chi connectivity index (χ3v) is 9.97. The highest BCUT2D eigenvalue weighted by atomic mass is 16.6. The number of hydrogen-bond donors (Lipinski definition) is 2. The van der Waals surface area contributed by atoms with Crippen LogP contribution in [0.15, 0.2) is 17.3 Å². The zero-order chi connectivity index (χ0) is 21.2. The van der Waals surface area contributed by atoms with Crippen molar-refractivity contribution in [1.29, 1.82) is 0 Å². The van der Waals surface area contributed by atoms with Crippen LogP contribution in [-0.2, 0) is 4.84 Å². The average molecular weight is 417 g/mol. The Morgan fingerprint density at radius 1 is 1.00 bits per heavy atom. The van der Waals surface area contributed by atoms with Gasteiger partial charge >= 0.3 is 0 Å². The number of unbranched alkanes of at least 4 members (excludes halogenated alkanes) is 1. The number of rotatable bonds is 7. The smallest absolute Gasteiger partial charge is 0.117 e. The minimum atomic E-state index is -0.0409. The van der Waals surface area contributed by atoms with Gasteiger partial charge in [-0.3, -0.25) is 0 Å². The van der Waals surface area contributed by atoms with Crippen LogP contribution in [-0.4, -0.2) is 30.6 Å². The minimum Gasteiger partial charge on any atom is -0.396 e. The van der Waals surface area contributed by atoms with Crippen molar-refractivity contribution >= 4 is 6.21 Å². The quantitative estimate of drug-likeness (QED) is 0.336. The SMILES string of the molecule is C[C@]12CC[C@H](O)C[C@H]1CC[C@@H]1[C@@H]2CC[C@]2(C)[C@@H](/C=C/C=NOCCCCN)CC[C@@H]12. The van der Waals surface area contributed by atoms with Crippen molar-refractivity contribution in [3.8, 4) is 0 Å². The first-order valence-electron chi connectivity index (χ1n) is 12.7. The fourth-order valence-corrected chi connectivity index (χ4v) is 8.22. The molecule has 0 heterocycles. The van der Waals surface area contributed by atoms with Crippen molar-refractivity contribution in [2.45, 2.75) is 90.6 Å². The van der Waals surface area contributed by atoms with Crippen LogP contribution in [0.3, 0.4) is 0 Å². The first-order valence-corrected chi connectivity index (χ1v) is 12.7. The molecule has 4 rings (SSSR count). The maximum atomic E-state index is 10.2. The third kappa shape index (κ3) is 4.11. The van der Waals surface area contributed by atoms with E-state index >= 15 is 0 Å². The van der Waals surface area contributed by atoms with Crippen LogP contribution < -0.4 is 5.73 Å². The van der Waals surface area contributed by atoms with E-state index in [0.29, 0.717) is 23.4 Å². The topological polar surface area (TPSA) is 67.8 Å². The fraction of sp³-hybridized carbons (Fsp3) is 0.885. The Bertz CT molecular complexity index is 635. The van der Waals surface area contributed by atoms with Crippen molar-refractivity contribution in [3.05, 3.63) is 12.2 Å². The molecule has 8 atom stereocenters. The molecule has 30 heavy (non-hydrogen) atoms. The molecule has 4 aliphatic rings. The van der Waals surface area contributed by atoms with E-state index < -0.39 is 0 Å². The van der Waals surface area contributed by atoms with Crippen LogP contribution >= 0.6 is 0 Å². The molecule has 0 unspecified atom stereocenters. The Morgan fingerprint density at radius 2 is 1.80 bits per heavy atom. The van der Waals surface area contributed by atoms with Gasteiger partial charge in [-0.25, -0.2) is 0 Å². The normalized spacial score (nSPS) is 46.0. The number of nitrogens with zero attached hydrogens (tertiary/aromatic N) is 1. The Balaban J connectivity index is 1.37. The van der Waals surface area contributed by atoms with Crippen molar-refractivity contribution in [1.82, 2.24) is 0 Å². The second-order valence-corrected chi connectivity index (χ2v) is 11.3. The van der Waals surface area contributed by atoms with E-state index in [1.54, 1.807) is 0 Å². The molecule has 0 saturated heterocycles. The average Bonchev–Trinajstić information content (AvgIpc) is 3.07. The van der Waals surface area contributed by atoms with Crippen LogP contribution in [0, 0.1) is 40.4 Å². The summed E-state index contributed by atoms with van der Waals surface area (Å²) in [6.07, 6.45) is 19.8. The second kappa shape index (κ2) is 9.32. The van der Waals surface area contributed by atoms with E-state index in [4.69, 9.17) is 10.6 Å². The molecule has 0 aliphatic heterocycles. The fourth-order valence-electron chi connectivity index (χ4n) is 8.22. The number of allylic oxidation sites excluding steroid dienone is 2. The Morgan fingerprint density at radius 3 is 2.63 bits per heavy atom. The number of aliphatic hydroxyl groups is 1. The molecule has 0 amide bonds. The number of oxime groups is 1. The van der Waals surface area contributed by atoms with Crippen molar-refractivity contribution in [2.24, 2.45) is 51.3 Å². The van der Waals surface area contributed by atoms with Gasteiger partial charge < -0.3 is 15.7 Å². The zero-order valence-corrected chi connectivity index (χ0v) is 19.3. The lowest BCUT2D eigenvalue weighted by molar-refractivity contribution is -0.124. The second-order valence-electron chi connectivity index (χ2n) is 11.3. The summed E-state index contributed by atoms with van der Waals surface area (Å²) in [5, 5.41) is 14.3. The number of nitrogens with two attached hydrogens (primary N) is 1. The summed E-state index contributed by atoms with van der Waals surface area (Å²) in [6.45, 7) is 6.54. The van der Waals surface area contributed by atoms with Gasteiger partial charge in [0.05, 0.1) is 12.3 Å². The van der Waals surface area contributed by atoms with Crippen LogP contribution in [0.25, 0.3) is 0 Å². The first kappa shape index (κ1) is 22.3. The highest BCUT2D eigenvalue weighted by Gasteiger charge is 2.59. The summed E-state index contributed by atoms with van der Waals surface area (Å²) in [6, 6.07) is 0. The van der Waals surface area contributed by atoms with Crippen molar-refractivity contribution in [2.75, 3.05) is 13.2 Å². The molecular formula is C26H44N2O2. The van der Waals surface area contributed by atoms with E-state index in [2.05, 4.69) is 31.2 Å². The molecular weight excluding hydrogens is 372 g/mol. The first-order chi connectivity index (χ1) is 14.5. The van der Waals surface area contributed by atoms with Gasteiger partial charge in [0.1, 0.15) is 6.61 Å². The molecule has 4 fully saturated rings. The monoisotopic (exact) mass is 416 g/mol. The summed E-state index contributed by atoms with van der Waals surface area (Å²) < 4.78 is 0. The molecule has 170 valence electrons. The maximum absolute atomic E-state index is 10.2. The number of fused-ring (bicyclic) bond motifs is 5. The van der Waals surface area contributed by atoms with Crippen LogP contribution in [0.4, 0.5) is 0 Å². The molecule has 0 spiro atoms. The number of hydrogen-bond acceptors (Lipinski definition) is 4. The summed E-state index contributed by atoms with van der Waals surface area (Å²) in [7, 11) is 0. The highest BCUT2D eigenvalue weighted by Crippen LogP contribution is 2.67. The van der Waals surface area contributed by atoms with E-state index in [1.807, 2.05) is 6.21 Å². The standard InChI is InChI=1S/C26H44N2O2/c1-25-14-12-24-22(9-7-20-18-21(29)11-13-26(20,24)2)23(25)10-8-19(25)6-5-16-28-30-17-4-3-15-27/h5-6,16,19-24,29H,3-4,7-15,17-18,27H2,1-2H3/b6-5+,28-16?/t19-,20+,21-,22-,23-,24-,25+,26-/m0/s1. The van der Waals surface area contributed by atoms with Gasteiger partial charge in [0.25, 0.3) is 0 Å². The van der Waals surface area contributed by atoms with Gasteiger partial charge in [-0.05, 0) is 124 Å². The highest BCUT2D eigenvalue weighted by molar-refractivity contribution is 5.70. The largest absolute Gasteiger partial charge is 0.396 e. The third-order valence-electron chi connectivity index (χ3n) is 9.97. The lowest BCUT2D eigenvalue weighted by atomic mass is 9.44.